The molecule has 164 valence electrons. The molecule has 0 unspecified atom stereocenters. The summed E-state index contributed by atoms with van der Waals surface area (Å²) < 4.78 is 6.54. The predicted octanol–water partition coefficient (Wildman–Crippen LogP) is 3.73. The molecule has 0 radical (unpaired) electrons. The van der Waals surface area contributed by atoms with Crippen molar-refractivity contribution in [1.29, 1.82) is 5.26 Å². The first kappa shape index (κ1) is 21.7. The Kier molecular flexibility index (Phi) is 6.15. The summed E-state index contributed by atoms with van der Waals surface area (Å²) in [4.78, 5) is 26.3. The Morgan fingerprint density at radius 3 is 2.52 bits per heavy atom. The zero-order valence-electron chi connectivity index (χ0n) is 18.1. The number of carbonyl (C=O) groups is 2. The minimum Gasteiger partial charge on any atom is -0.375 e. The van der Waals surface area contributed by atoms with Crippen molar-refractivity contribution in [3.05, 3.63) is 84.2 Å². The number of amides is 2. The normalized spacial score (nSPS) is 10.6. The Hall–Kier alpha value is -4.48. The lowest BCUT2D eigenvalue weighted by Gasteiger charge is -2.17. The van der Waals surface area contributed by atoms with Crippen LogP contribution in [-0.4, -0.2) is 42.2 Å². The Labute approximate surface area is 190 Å². The Balaban J connectivity index is 1.60. The number of pyridine rings is 1. The van der Waals surface area contributed by atoms with Crippen molar-refractivity contribution in [3.8, 4) is 17.2 Å². The van der Waals surface area contributed by atoms with Gasteiger partial charge in [-0.2, -0.15) is 10.4 Å². The van der Waals surface area contributed by atoms with E-state index in [0.29, 0.717) is 22.5 Å². The third-order valence-electron chi connectivity index (χ3n) is 5.21. The van der Waals surface area contributed by atoms with Crippen LogP contribution >= 0.6 is 0 Å². The van der Waals surface area contributed by atoms with Crippen molar-refractivity contribution >= 4 is 28.7 Å². The number of anilines is 2. The number of nitrogens with one attached hydrogen (secondary N) is 1. The summed E-state index contributed by atoms with van der Waals surface area (Å²) in [6, 6.07) is 19.8. The van der Waals surface area contributed by atoms with Crippen LogP contribution in [0.15, 0.2) is 73.1 Å². The van der Waals surface area contributed by atoms with Crippen molar-refractivity contribution in [2.45, 2.75) is 0 Å². The van der Waals surface area contributed by atoms with E-state index in [1.54, 1.807) is 77.4 Å². The largest absolute Gasteiger partial charge is 0.375 e. The first-order valence-electron chi connectivity index (χ1n) is 10.1. The van der Waals surface area contributed by atoms with Gasteiger partial charge in [-0.3, -0.25) is 9.59 Å². The van der Waals surface area contributed by atoms with Crippen LogP contribution in [0.4, 0.5) is 11.4 Å². The number of methoxy groups -OCH3 is 1. The summed E-state index contributed by atoms with van der Waals surface area (Å²) in [7, 11) is 3.16. The smallest absolute Gasteiger partial charge is 0.258 e. The summed E-state index contributed by atoms with van der Waals surface area (Å²) in [5, 5.41) is 16.1. The summed E-state index contributed by atoms with van der Waals surface area (Å²) in [5.41, 5.74) is 4.95. The molecular formula is C25H21N5O3. The van der Waals surface area contributed by atoms with Gasteiger partial charge < -0.3 is 15.0 Å². The highest BCUT2D eigenvalue weighted by Gasteiger charge is 2.16. The molecular weight excluding hydrogens is 418 g/mol. The van der Waals surface area contributed by atoms with Crippen LogP contribution in [0.1, 0.15) is 15.9 Å². The molecule has 0 aliphatic carbocycles. The van der Waals surface area contributed by atoms with Gasteiger partial charge in [0.05, 0.1) is 23.3 Å². The molecule has 2 amide bonds. The fraction of sp³-hybridized carbons (Fsp3) is 0.120. The van der Waals surface area contributed by atoms with E-state index in [2.05, 4.69) is 16.5 Å². The number of aromatic nitrogens is 2. The summed E-state index contributed by atoms with van der Waals surface area (Å²) >= 11 is 0. The zero-order chi connectivity index (χ0) is 23.4. The van der Waals surface area contributed by atoms with E-state index in [1.807, 2.05) is 12.1 Å². The molecule has 0 saturated heterocycles. The highest BCUT2D eigenvalue weighted by Crippen LogP contribution is 2.27. The predicted molar refractivity (Wildman–Crippen MR) is 125 cm³/mol. The van der Waals surface area contributed by atoms with Crippen LogP contribution in [0.25, 0.3) is 16.6 Å². The standard InChI is InChI=1S/C25H21N5O3/c1-29(21-9-3-17(14-26)4-10-21)25(32)19-11-12-30-23(13-19)22(15-27-30)18-5-7-20(8-6-18)28-24(31)16-33-2/h3-13,15H,16H2,1-2H3,(H,28,31). The molecule has 0 bridgehead atoms. The van der Waals surface area contributed by atoms with Gasteiger partial charge in [0.25, 0.3) is 5.91 Å². The van der Waals surface area contributed by atoms with Crippen LogP contribution in [0.3, 0.4) is 0 Å². The summed E-state index contributed by atoms with van der Waals surface area (Å²) in [6.07, 6.45) is 3.49. The maximum atomic E-state index is 13.1. The number of hydrogen-bond acceptors (Lipinski definition) is 5. The third-order valence-corrected chi connectivity index (χ3v) is 5.21. The molecule has 0 saturated carbocycles. The second-order valence-electron chi connectivity index (χ2n) is 7.38. The molecule has 4 rings (SSSR count). The van der Waals surface area contributed by atoms with E-state index >= 15 is 0 Å². The molecule has 0 fully saturated rings. The number of rotatable bonds is 6. The van der Waals surface area contributed by atoms with Gasteiger partial charge in [0.2, 0.25) is 5.91 Å². The maximum Gasteiger partial charge on any atom is 0.258 e. The third kappa shape index (κ3) is 4.59. The van der Waals surface area contributed by atoms with Crippen molar-refractivity contribution in [2.75, 3.05) is 31.0 Å². The lowest BCUT2D eigenvalue weighted by Crippen LogP contribution is -2.26. The number of carbonyl (C=O) groups excluding carboxylic acids is 2. The number of ether oxygens (including phenoxy) is 1. The summed E-state index contributed by atoms with van der Waals surface area (Å²) in [5.74, 6) is -0.402. The van der Waals surface area contributed by atoms with Gasteiger partial charge >= 0.3 is 0 Å². The molecule has 33 heavy (non-hydrogen) atoms. The lowest BCUT2D eigenvalue weighted by atomic mass is 10.1. The van der Waals surface area contributed by atoms with Crippen LogP contribution in [0.2, 0.25) is 0 Å². The Morgan fingerprint density at radius 1 is 1.12 bits per heavy atom. The molecule has 1 N–H and O–H groups in total. The van der Waals surface area contributed by atoms with E-state index in [4.69, 9.17) is 10.00 Å². The molecule has 2 aromatic heterocycles. The molecule has 2 aromatic carbocycles. The molecule has 0 spiro atoms. The highest BCUT2D eigenvalue weighted by atomic mass is 16.5. The van der Waals surface area contributed by atoms with Gasteiger partial charge in [-0.1, -0.05) is 12.1 Å². The fourth-order valence-corrected chi connectivity index (χ4v) is 3.47. The average molecular weight is 439 g/mol. The minimum absolute atomic E-state index is 0.0104. The van der Waals surface area contributed by atoms with Gasteiger partial charge in [0.15, 0.2) is 0 Å². The van der Waals surface area contributed by atoms with E-state index in [0.717, 1.165) is 16.6 Å². The molecule has 0 atom stereocenters. The Bertz CT molecular complexity index is 1350. The van der Waals surface area contributed by atoms with Gasteiger partial charge in [0.1, 0.15) is 6.61 Å². The van der Waals surface area contributed by atoms with Gasteiger partial charge in [-0.05, 0) is 54.1 Å². The van der Waals surface area contributed by atoms with Crippen molar-refractivity contribution in [2.24, 2.45) is 0 Å². The van der Waals surface area contributed by atoms with Crippen molar-refractivity contribution in [3.63, 3.8) is 0 Å². The first-order valence-corrected chi connectivity index (χ1v) is 10.1. The van der Waals surface area contributed by atoms with Crippen LogP contribution in [0.5, 0.6) is 0 Å². The maximum absolute atomic E-state index is 13.1. The van der Waals surface area contributed by atoms with Crippen LogP contribution < -0.4 is 10.2 Å². The molecule has 8 heteroatoms. The van der Waals surface area contributed by atoms with E-state index in [1.165, 1.54) is 7.11 Å². The summed E-state index contributed by atoms with van der Waals surface area (Å²) in [6.45, 7) is -0.0104. The van der Waals surface area contributed by atoms with Crippen molar-refractivity contribution < 1.29 is 14.3 Å². The van der Waals surface area contributed by atoms with Crippen LogP contribution in [0, 0.1) is 11.3 Å². The number of hydrogen-bond donors (Lipinski definition) is 1. The molecule has 8 nitrogen and oxygen atoms in total. The lowest BCUT2D eigenvalue weighted by molar-refractivity contribution is -0.119. The Morgan fingerprint density at radius 2 is 1.85 bits per heavy atom. The van der Waals surface area contributed by atoms with Gasteiger partial charge in [0, 0.05) is 42.9 Å². The number of nitriles is 1. The first-order chi connectivity index (χ1) is 16.0. The molecule has 4 aromatic rings. The fourth-order valence-electron chi connectivity index (χ4n) is 3.47. The highest BCUT2D eigenvalue weighted by molar-refractivity contribution is 6.06. The van der Waals surface area contributed by atoms with Crippen molar-refractivity contribution in [1.82, 2.24) is 9.61 Å². The second kappa shape index (κ2) is 9.34. The van der Waals surface area contributed by atoms with Gasteiger partial charge in [-0.25, -0.2) is 4.52 Å². The minimum atomic E-state index is -0.226. The molecule has 2 heterocycles. The topological polar surface area (TPSA) is 99.7 Å². The van der Waals surface area contributed by atoms with Crippen LogP contribution in [-0.2, 0) is 9.53 Å². The molecule has 0 aliphatic heterocycles. The van der Waals surface area contributed by atoms with Gasteiger partial charge in [-0.15, -0.1) is 0 Å². The number of fused-ring (bicyclic) bond motifs is 1. The average Bonchev–Trinajstić information content (AvgIpc) is 3.27. The second-order valence-corrected chi connectivity index (χ2v) is 7.38. The number of benzene rings is 2. The molecule has 0 aliphatic rings. The van der Waals surface area contributed by atoms with E-state index in [9.17, 15) is 9.59 Å². The quantitative estimate of drug-likeness (QED) is 0.493. The van der Waals surface area contributed by atoms with E-state index < -0.39 is 0 Å². The zero-order valence-corrected chi connectivity index (χ0v) is 18.1. The SMILES string of the molecule is COCC(=O)Nc1ccc(-c2cnn3ccc(C(=O)N(C)c4ccc(C#N)cc4)cc23)cc1. The number of nitrogens with zero attached hydrogens (tertiary/aromatic N) is 4. The van der Waals surface area contributed by atoms with E-state index in [-0.39, 0.29) is 18.4 Å². The monoisotopic (exact) mass is 439 g/mol.